The zero-order chi connectivity index (χ0) is 61.3. The van der Waals surface area contributed by atoms with Gasteiger partial charge >= 0.3 is 28.5 Å². The first kappa shape index (κ1) is 75.4. The molecule has 20 nitrogen and oxygen atoms in total. The molecule has 0 aliphatic heterocycles. The summed E-state index contributed by atoms with van der Waals surface area (Å²) in [4.78, 5) is 55.3. The topological polar surface area (TPSA) is 294 Å². The number of pyridine rings is 4. The highest BCUT2D eigenvalue weighted by Crippen LogP contribution is 2.20. The predicted octanol–water partition coefficient (Wildman–Crippen LogP) is -14.4. The molecule has 90 heavy (non-hydrogen) atoms. The molecule has 4 aromatic heterocycles. The van der Waals surface area contributed by atoms with Gasteiger partial charge in [-0.3, -0.25) is 19.2 Å². The standard InChI is InChI=1S/C62H64B4N8O12.4BrH/c1-43(2)59(75)67-27-14-28-69-62(78)58(70-61(77)53-32-51(40-74(42-53)38-49-18-6-10-24-57(49)66(85)86)45-20-13-30-72(34-45)36-47-16-4-8-22-55(47)64(81)82)25-11-26-68-60(76)52-31-50(39-73(41-52)37-48-17-5-9-23-56(48)65(83)84)44-19-12-29-71(33-44)35-46-15-3-7-21-54(46)63(79)80;;;;/h3-10,12-13,15-24,29-34,39-42,58,79-86H,1,11,14,25-28,35-38H2,2H3;4*1H. The Morgan fingerprint density at radius 1 is 0.433 bits per heavy atom. The van der Waals surface area contributed by atoms with Gasteiger partial charge in [0.15, 0.2) is 75.8 Å². The highest BCUT2D eigenvalue weighted by molar-refractivity contribution is 6.60. The Morgan fingerprint density at radius 2 is 0.789 bits per heavy atom. The van der Waals surface area contributed by atoms with Crippen molar-refractivity contribution in [3.05, 3.63) is 229 Å². The van der Waals surface area contributed by atoms with E-state index in [1.165, 1.54) is 0 Å². The van der Waals surface area contributed by atoms with Gasteiger partial charge in [0.2, 0.25) is 11.8 Å². The SMILES string of the molecule is C=C(C)C(=O)NCCCNC(=O)C(CCCNC(=O)c1cc(-c2ccc[n+](Cc3ccccc3B(O)O)c2)c[n+](Cc2ccccc2B(O)O)c1)NC(=O)c1cc(-c2ccc[n+](Cc3ccccc3B(O)O)c2)c[n+](Cc2ccccc2B(O)O)c1.[Br-].[Br-].[Br-].[Br-]. The van der Waals surface area contributed by atoms with Gasteiger partial charge in [0.1, 0.15) is 17.2 Å². The molecular weight excluding hydrogens is 1410 g/mol. The number of halogens is 4. The van der Waals surface area contributed by atoms with E-state index in [-0.39, 0.29) is 143 Å². The fraction of sp³-hybridized carbons (Fsp3) is 0.194. The molecule has 8 rings (SSSR count). The average Bonchev–Trinajstić information content (AvgIpc) is 1.45. The Hall–Kier alpha value is -7.04. The average molecular weight is 1480 g/mol. The van der Waals surface area contributed by atoms with E-state index in [0.29, 0.717) is 73.9 Å². The maximum Gasteiger partial charge on any atom is 0.488 e. The second kappa shape index (κ2) is 36.7. The van der Waals surface area contributed by atoms with Gasteiger partial charge in [-0.25, -0.2) is 9.13 Å². The molecule has 468 valence electrons. The molecule has 0 saturated heterocycles. The summed E-state index contributed by atoms with van der Waals surface area (Å²) in [5, 5.41) is 92.8. The van der Waals surface area contributed by atoms with Crippen molar-refractivity contribution in [2.24, 2.45) is 0 Å². The Labute approximate surface area is 565 Å². The third-order valence-corrected chi connectivity index (χ3v) is 14.4. The number of carbonyl (C=O) groups excluding carboxylic acids is 4. The molecule has 1 unspecified atom stereocenters. The summed E-state index contributed by atoms with van der Waals surface area (Å²) in [6.07, 6.45) is 14.9. The van der Waals surface area contributed by atoms with Crippen molar-refractivity contribution in [3.63, 3.8) is 0 Å². The molecule has 12 N–H and O–H groups in total. The molecule has 0 radical (unpaired) electrons. The van der Waals surface area contributed by atoms with Crippen LogP contribution in [0.5, 0.6) is 0 Å². The van der Waals surface area contributed by atoms with Crippen molar-refractivity contribution in [1.29, 1.82) is 0 Å². The van der Waals surface area contributed by atoms with Gasteiger partial charge in [-0.15, -0.1) is 0 Å². The van der Waals surface area contributed by atoms with E-state index in [9.17, 15) is 59.4 Å². The predicted molar refractivity (Wildman–Crippen MR) is 324 cm³/mol. The first-order valence-electron chi connectivity index (χ1n) is 28.0. The summed E-state index contributed by atoms with van der Waals surface area (Å²) in [7, 11) is -6.88. The van der Waals surface area contributed by atoms with Crippen LogP contribution in [0.4, 0.5) is 0 Å². The van der Waals surface area contributed by atoms with E-state index in [2.05, 4.69) is 27.8 Å². The van der Waals surface area contributed by atoms with Gasteiger partial charge in [-0.05, 0) is 72.3 Å². The summed E-state index contributed by atoms with van der Waals surface area (Å²) >= 11 is 0. The largest absolute Gasteiger partial charge is 1.00 e. The van der Waals surface area contributed by atoms with E-state index in [0.717, 1.165) is 5.56 Å². The highest BCUT2D eigenvalue weighted by atomic mass is 79.9. The monoisotopic (exact) mass is 1480 g/mol. The van der Waals surface area contributed by atoms with Crippen LogP contribution < -0.4 is 129 Å². The number of carbonyl (C=O) groups is 4. The van der Waals surface area contributed by atoms with Crippen molar-refractivity contribution in [2.75, 3.05) is 19.6 Å². The van der Waals surface area contributed by atoms with E-state index >= 15 is 0 Å². The lowest BCUT2D eigenvalue weighted by molar-refractivity contribution is -0.689. The van der Waals surface area contributed by atoms with Crippen LogP contribution in [0.1, 0.15) is 69.2 Å². The number of aromatic nitrogens is 4. The highest BCUT2D eigenvalue weighted by Gasteiger charge is 2.28. The number of hydrogen-bond acceptors (Lipinski definition) is 12. The van der Waals surface area contributed by atoms with Crippen molar-refractivity contribution in [1.82, 2.24) is 21.3 Å². The number of amides is 4. The van der Waals surface area contributed by atoms with Gasteiger partial charge in [-0.1, -0.05) is 104 Å². The molecule has 0 saturated carbocycles. The fourth-order valence-corrected chi connectivity index (χ4v) is 10.0. The van der Waals surface area contributed by atoms with Crippen LogP contribution in [0.15, 0.2) is 195 Å². The minimum Gasteiger partial charge on any atom is -1.00 e. The lowest BCUT2D eigenvalue weighted by Crippen LogP contribution is -3.00. The molecule has 0 bridgehead atoms. The molecule has 0 spiro atoms. The van der Waals surface area contributed by atoms with Crippen LogP contribution in [0, 0.1) is 0 Å². The molecule has 0 fully saturated rings. The van der Waals surface area contributed by atoms with E-state index in [1.54, 1.807) is 138 Å². The number of benzene rings is 4. The Morgan fingerprint density at radius 3 is 1.19 bits per heavy atom. The van der Waals surface area contributed by atoms with Crippen molar-refractivity contribution in [3.8, 4) is 22.3 Å². The van der Waals surface area contributed by atoms with Crippen LogP contribution in [0.3, 0.4) is 0 Å². The third kappa shape index (κ3) is 21.3. The molecule has 4 aromatic carbocycles. The Balaban J connectivity index is 0.00000432. The maximum atomic E-state index is 14.7. The molecule has 8 aromatic rings. The van der Waals surface area contributed by atoms with Crippen LogP contribution in [-0.4, -0.2) is 118 Å². The number of nitrogens with one attached hydrogen (secondary N) is 4. The van der Waals surface area contributed by atoms with E-state index < -0.39 is 52.2 Å². The molecular formula is C62H68B4Br4N8O12. The summed E-state index contributed by atoms with van der Waals surface area (Å²) in [6, 6.07) is 37.2. The normalized spacial score (nSPS) is 10.8. The van der Waals surface area contributed by atoms with E-state index in [4.69, 9.17) is 0 Å². The second-order valence-electron chi connectivity index (χ2n) is 20.9. The van der Waals surface area contributed by atoms with Crippen molar-refractivity contribution >= 4 is 74.0 Å². The lowest BCUT2D eigenvalue weighted by atomic mass is 9.77. The minimum absolute atomic E-state index is 0. The van der Waals surface area contributed by atoms with Gasteiger partial charge < -0.3 is 129 Å². The third-order valence-electron chi connectivity index (χ3n) is 14.4. The van der Waals surface area contributed by atoms with Crippen LogP contribution in [0.2, 0.25) is 0 Å². The second-order valence-corrected chi connectivity index (χ2v) is 20.9. The lowest BCUT2D eigenvalue weighted by Gasteiger charge is -2.19. The van der Waals surface area contributed by atoms with Gasteiger partial charge in [-0.2, -0.15) is 9.13 Å². The summed E-state index contributed by atoms with van der Waals surface area (Å²) in [6.45, 7) is 6.57. The van der Waals surface area contributed by atoms with Gasteiger partial charge in [0, 0.05) is 59.6 Å². The molecule has 4 amide bonds. The molecule has 0 aliphatic rings. The maximum absolute atomic E-state index is 14.7. The van der Waals surface area contributed by atoms with E-state index in [1.807, 2.05) is 70.5 Å². The number of nitrogens with zero attached hydrogens (tertiary/aromatic N) is 4. The van der Waals surface area contributed by atoms with Crippen LogP contribution in [0.25, 0.3) is 22.3 Å². The van der Waals surface area contributed by atoms with Crippen LogP contribution in [-0.2, 0) is 35.8 Å². The Bertz CT molecular complexity index is 3750. The van der Waals surface area contributed by atoms with Gasteiger partial charge in [0.25, 0.3) is 11.8 Å². The quantitative estimate of drug-likeness (QED) is 0.00991. The Kier molecular flexibility index (Phi) is 30.8. The van der Waals surface area contributed by atoms with Gasteiger partial charge in [0.05, 0.1) is 22.3 Å². The fourth-order valence-electron chi connectivity index (χ4n) is 10.0. The number of hydrogen-bond donors (Lipinski definition) is 12. The zero-order valence-corrected chi connectivity index (χ0v) is 55.3. The molecule has 28 heteroatoms. The first-order valence-corrected chi connectivity index (χ1v) is 28.0. The minimum atomic E-state index is -1.77. The summed E-state index contributed by atoms with van der Waals surface area (Å²) in [5.41, 5.74) is 7.17. The van der Waals surface area contributed by atoms with Crippen molar-refractivity contribution < 1.29 is 146 Å². The molecule has 1 atom stereocenters. The number of rotatable bonds is 27. The molecule has 0 aliphatic carbocycles. The summed E-state index contributed by atoms with van der Waals surface area (Å²) in [5.74, 6) is -1.91. The first-order chi connectivity index (χ1) is 41.4. The van der Waals surface area contributed by atoms with Crippen molar-refractivity contribution in [2.45, 2.75) is 58.4 Å². The summed E-state index contributed by atoms with van der Waals surface area (Å²) < 4.78 is 7.25. The smallest absolute Gasteiger partial charge is 0.488 e. The zero-order valence-electron chi connectivity index (χ0n) is 49.0. The molecule has 4 heterocycles. The van der Waals surface area contributed by atoms with Crippen LogP contribution >= 0.6 is 0 Å².